The molecular weight excluding hydrogens is 308 g/mol. The maximum atomic E-state index is 13.2. The second kappa shape index (κ2) is 7.69. The van der Waals surface area contributed by atoms with E-state index in [2.05, 4.69) is 47.4 Å². The Kier molecular flexibility index (Phi) is 5.62. The molecule has 2 heterocycles. The lowest BCUT2D eigenvalue weighted by Gasteiger charge is -2.38. The Morgan fingerprint density at radius 2 is 2.09 bits per heavy atom. The first-order valence-corrected chi connectivity index (χ1v) is 9.65. The van der Waals surface area contributed by atoms with Gasteiger partial charge in [-0.05, 0) is 63.9 Å². The van der Waals surface area contributed by atoms with Crippen LogP contribution in [0.25, 0.3) is 0 Å². The Morgan fingerprint density at radius 3 is 2.74 bits per heavy atom. The van der Waals surface area contributed by atoms with Gasteiger partial charge in [-0.15, -0.1) is 11.8 Å². The summed E-state index contributed by atoms with van der Waals surface area (Å²) < 4.78 is 5.45. The van der Waals surface area contributed by atoms with Gasteiger partial charge in [0.1, 0.15) is 0 Å². The minimum Gasteiger partial charge on any atom is -0.381 e. The van der Waals surface area contributed by atoms with Crippen molar-refractivity contribution in [2.45, 2.75) is 30.2 Å². The fourth-order valence-corrected chi connectivity index (χ4v) is 3.91. The van der Waals surface area contributed by atoms with Crippen LogP contribution in [0.15, 0.2) is 29.2 Å². The van der Waals surface area contributed by atoms with Crippen LogP contribution in [-0.2, 0) is 9.53 Å². The molecule has 1 atom stereocenters. The molecule has 2 aliphatic heterocycles. The summed E-state index contributed by atoms with van der Waals surface area (Å²) in [6.45, 7) is 3.39. The molecular formula is C18H26N2O2S. The number of likely N-dealkylation sites (tertiary alicyclic amines) is 1. The standard InChI is InChI=1S/C18H26N2O2S/c1-19-9-6-15(7-10-19)20(18(21)14-8-11-22-13-14)16-4-3-5-17(12-16)23-2/h3-5,12,14-15H,6-11,13H2,1-2H3. The van der Waals surface area contributed by atoms with Gasteiger partial charge in [-0.25, -0.2) is 0 Å². The summed E-state index contributed by atoms with van der Waals surface area (Å²) in [4.78, 5) is 18.8. The van der Waals surface area contributed by atoms with Crippen molar-refractivity contribution < 1.29 is 9.53 Å². The molecule has 0 aromatic heterocycles. The number of rotatable bonds is 4. The van der Waals surface area contributed by atoms with Gasteiger partial charge in [0.15, 0.2) is 0 Å². The van der Waals surface area contributed by atoms with Crippen LogP contribution in [0.3, 0.4) is 0 Å². The molecule has 0 bridgehead atoms. The van der Waals surface area contributed by atoms with Crippen LogP contribution in [0, 0.1) is 5.92 Å². The number of ether oxygens (including phenoxy) is 1. The van der Waals surface area contributed by atoms with Crippen LogP contribution in [0.1, 0.15) is 19.3 Å². The predicted octanol–water partition coefficient (Wildman–Crippen LogP) is 2.87. The summed E-state index contributed by atoms with van der Waals surface area (Å²) in [6.07, 6.45) is 5.01. The molecule has 0 aliphatic carbocycles. The molecule has 1 aromatic rings. The molecule has 3 rings (SSSR count). The lowest BCUT2D eigenvalue weighted by atomic mass is 9.99. The smallest absolute Gasteiger partial charge is 0.232 e. The predicted molar refractivity (Wildman–Crippen MR) is 95.2 cm³/mol. The first-order valence-electron chi connectivity index (χ1n) is 8.42. The maximum Gasteiger partial charge on any atom is 0.232 e. The van der Waals surface area contributed by atoms with Crippen molar-refractivity contribution in [1.82, 2.24) is 4.90 Å². The van der Waals surface area contributed by atoms with Gasteiger partial charge in [-0.1, -0.05) is 6.07 Å². The normalized spacial score (nSPS) is 23.1. The van der Waals surface area contributed by atoms with Crippen LogP contribution in [0.5, 0.6) is 0 Å². The minimum atomic E-state index is 0.0209. The third kappa shape index (κ3) is 3.90. The second-order valence-corrected chi connectivity index (χ2v) is 7.38. The van der Waals surface area contributed by atoms with E-state index in [0.29, 0.717) is 19.3 Å². The molecule has 1 aromatic carbocycles. The first kappa shape index (κ1) is 16.8. The fourth-order valence-electron chi connectivity index (χ4n) is 3.46. The summed E-state index contributed by atoms with van der Waals surface area (Å²) in [5.41, 5.74) is 1.04. The zero-order valence-electron chi connectivity index (χ0n) is 14.0. The van der Waals surface area contributed by atoms with E-state index in [9.17, 15) is 4.79 Å². The summed E-state index contributed by atoms with van der Waals surface area (Å²) in [5, 5.41) is 0. The van der Waals surface area contributed by atoms with Crippen molar-refractivity contribution in [2.24, 2.45) is 5.92 Å². The Bertz CT molecular complexity index is 538. The van der Waals surface area contributed by atoms with Crippen molar-refractivity contribution in [2.75, 3.05) is 44.5 Å². The van der Waals surface area contributed by atoms with Crippen LogP contribution in [0.4, 0.5) is 5.69 Å². The molecule has 126 valence electrons. The van der Waals surface area contributed by atoms with Crippen LogP contribution in [-0.4, -0.2) is 56.5 Å². The Balaban J connectivity index is 1.87. The van der Waals surface area contributed by atoms with Crippen LogP contribution in [0.2, 0.25) is 0 Å². The Morgan fingerprint density at radius 1 is 1.30 bits per heavy atom. The van der Waals surface area contributed by atoms with E-state index < -0.39 is 0 Å². The number of piperidine rings is 1. The molecule has 0 saturated carbocycles. The molecule has 5 heteroatoms. The van der Waals surface area contributed by atoms with E-state index in [-0.39, 0.29) is 11.8 Å². The molecule has 0 radical (unpaired) electrons. The summed E-state index contributed by atoms with van der Waals surface area (Å²) >= 11 is 1.72. The second-order valence-electron chi connectivity index (χ2n) is 6.50. The number of hydrogen-bond donors (Lipinski definition) is 0. The molecule has 2 saturated heterocycles. The van der Waals surface area contributed by atoms with Crippen LogP contribution >= 0.6 is 11.8 Å². The quantitative estimate of drug-likeness (QED) is 0.793. The summed E-state index contributed by atoms with van der Waals surface area (Å²) in [5.74, 6) is 0.267. The highest BCUT2D eigenvalue weighted by Gasteiger charge is 2.34. The van der Waals surface area contributed by atoms with E-state index in [0.717, 1.165) is 38.0 Å². The van der Waals surface area contributed by atoms with Gasteiger partial charge < -0.3 is 14.5 Å². The number of carbonyl (C=O) groups is 1. The molecule has 0 N–H and O–H groups in total. The Labute approximate surface area is 143 Å². The molecule has 4 nitrogen and oxygen atoms in total. The minimum absolute atomic E-state index is 0.0209. The SMILES string of the molecule is CSc1cccc(N(C(=O)C2CCOC2)C2CCN(C)CC2)c1. The van der Waals surface area contributed by atoms with Gasteiger partial charge in [0.2, 0.25) is 5.91 Å². The number of thioether (sulfide) groups is 1. The van der Waals surface area contributed by atoms with Gasteiger partial charge in [-0.3, -0.25) is 4.79 Å². The number of hydrogen-bond acceptors (Lipinski definition) is 4. The number of amides is 1. The molecule has 2 fully saturated rings. The zero-order chi connectivity index (χ0) is 16.2. The molecule has 0 spiro atoms. The highest BCUT2D eigenvalue weighted by molar-refractivity contribution is 7.98. The van der Waals surface area contributed by atoms with Gasteiger partial charge in [0.05, 0.1) is 12.5 Å². The third-order valence-corrected chi connectivity index (χ3v) is 5.63. The lowest BCUT2D eigenvalue weighted by Crippen LogP contribution is -2.49. The molecule has 1 amide bonds. The average Bonchev–Trinajstić information content (AvgIpc) is 3.11. The van der Waals surface area contributed by atoms with Gasteiger partial charge in [0.25, 0.3) is 0 Å². The van der Waals surface area contributed by atoms with Gasteiger partial charge in [0, 0.05) is 23.2 Å². The largest absolute Gasteiger partial charge is 0.381 e. The lowest BCUT2D eigenvalue weighted by molar-refractivity contribution is -0.123. The van der Waals surface area contributed by atoms with E-state index in [1.807, 2.05) is 0 Å². The number of anilines is 1. The van der Waals surface area contributed by atoms with Crippen molar-refractivity contribution in [3.05, 3.63) is 24.3 Å². The summed E-state index contributed by atoms with van der Waals surface area (Å²) in [6, 6.07) is 8.69. The van der Waals surface area contributed by atoms with Crippen molar-refractivity contribution in [3.8, 4) is 0 Å². The van der Waals surface area contributed by atoms with E-state index in [1.54, 1.807) is 11.8 Å². The van der Waals surface area contributed by atoms with Gasteiger partial charge in [-0.2, -0.15) is 0 Å². The fraction of sp³-hybridized carbons (Fsp3) is 0.611. The first-order chi connectivity index (χ1) is 11.2. The molecule has 2 aliphatic rings. The zero-order valence-corrected chi connectivity index (χ0v) is 14.8. The maximum absolute atomic E-state index is 13.2. The highest BCUT2D eigenvalue weighted by Crippen LogP contribution is 2.30. The number of nitrogens with zero attached hydrogens (tertiary/aromatic N) is 2. The molecule has 23 heavy (non-hydrogen) atoms. The molecule has 1 unspecified atom stereocenters. The van der Waals surface area contributed by atoms with E-state index in [1.165, 1.54) is 4.90 Å². The highest BCUT2D eigenvalue weighted by atomic mass is 32.2. The van der Waals surface area contributed by atoms with Crippen LogP contribution < -0.4 is 4.90 Å². The Hall–Kier alpha value is -1.04. The summed E-state index contributed by atoms with van der Waals surface area (Å²) in [7, 11) is 2.15. The van der Waals surface area contributed by atoms with E-state index in [4.69, 9.17) is 4.74 Å². The number of benzene rings is 1. The van der Waals surface area contributed by atoms with Gasteiger partial charge >= 0.3 is 0 Å². The van der Waals surface area contributed by atoms with E-state index >= 15 is 0 Å². The topological polar surface area (TPSA) is 32.8 Å². The number of carbonyl (C=O) groups excluding carboxylic acids is 1. The monoisotopic (exact) mass is 334 g/mol. The van der Waals surface area contributed by atoms with Crippen molar-refractivity contribution >= 4 is 23.4 Å². The third-order valence-electron chi connectivity index (χ3n) is 4.90. The van der Waals surface area contributed by atoms with Crippen molar-refractivity contribution in [1.29, 1.82) is 0 Å². The van der Waals surface area contributed by atoms with Crippen molar-refractivity contribution in [3.63, 3.8) is 0 Å². The average molecular weight is 334 g/mol.